The molecular formula is C16H18N2O. The lowest BCUT2D eigenvalue weighted by Gasteiger charge is -2.05. The van der Waals surface area contributed by atoms with Gasteiger partial charge in [0.15, 0.2) is 0 Å². The van der Waals surface area contributed by atoms with Crippen LogP contribution < -0.4 is 10.5 Å². The molecule has 0 aliphatic carbocycles. The first-order valence-corrected chi connectivity index (χ1v) is 6.76. The Morgan fingerprint density at radius 3 is 2.79 bits per heavy atom. The zero-order valence-corrected chi connectivity index (χ0v) is 10.9. The molecule has 1 aromatic carbocycles. The van der Waals surface area contributed by atoms with Crippen molar-refractivity contribution in [2.45, 2.75) is 25.7 Å². The highest BCUT2D eigenvalue weighted by Gasteiger charge is 2.11. The highest BCUT2D eigenvalue weighted by atomic mass is 16.5. The van der Waals surface area contributed by atoms with E-state index < -0.39 is 0 Å². The molecule has 0 atom stereocenters. The van der Waals surface area contributed by atoms with Gasteiger partial charge in [0.25, 0.3) is 0 Å². The van der Waals surface area contributed by atoms with Crippen molar-refractivity contribution in [1.82, 2.24) is 4.98 Å². The number of benzene rings is 1. The van der Waals surface area contributed by atoms with Gasteiger partial charge in [0.05, 0.1) is 6.61 Å². The van der Waals surface area contributed by atoms with Crippen molar-refractivity contribution >= 4 is 5.82 Å². The summed E-state index contributed by atoms with van der Waals surface area (Å²) in [7, 11) is 0. The first-order chi connectivity index (χ1) is 9.31. The fourth-order valence-corrected chi connectivity index (χ4v) is 2.54. The lowest BCUT2D eigenvalue weighted by Crippen LogP contribution is -1.94. The number of hydrogen-bond acceptors (Lipinski definition) is 3. The van der Waals surface area contributed by atoms with E-state index >= 15 is 0 Å². The third-order valence-corrected chi connectivity index (χ3v) is 3.53. The molecule has 0 unspecified atom stereocenters. The molecular weight excluding hydrogens is 236 g/mol. The van der Waals surface area contributed by atoms with Crippen LogP contribution in [0.4, 0.5) is 5.82 Å². The topological polar surface area (TPSA) is 48.1 Å². The van der Waals surface area contributed by atoms with Crippen LogP contribution in [-0.2, 0) is 19.3 Å². The van der Waals surface area contributed by atoms with Crippen molar-refractivity contribution in [2.24, 2.45) is 0 Å². The number of aromatic nitrogens is 1. The summed E-state index contributed by atoms with van der Waals surface area (Å²) in [5, 5.41) is 0. The summed E-state index contributed by atoms with van der Waals surface area (Å²) in [6.45, 7) is 0.828. The Balaban J connectivity index is 1.58. The molecule has 1 aliphatic rings. The molecule has 1 aromatic heterocycles. The molecule has 0 fully saturated rings. The van der Waals surface area contributed by atoms with E-state index in [4.69, 9.17) is 10.5 Å². The van der Waals surface area contributed by atoms with Gasteiger partial charge in [-0.15, -0.1) is 0 Å². The number of pyridine rings is 1. The third kappa shape index (κ3) is 2.87. The fraction of sp³-hybridized carbons (Fsp3) is 0.312. The first kappa shape index (κ1) is 12.0. The molecule has 19 heavy (non-hydrogen) atoms. The molecule has 3 nitrogen and oxygen atoms in total. The number of fused-ring (bicyclic) bond motifs is 1. The Morgan fingerprint density at radius 1 is 1.11 bits per heavy atom. The maximum Gasteiger partial charge on any atom is 0.123 e. The second-order valence-electron chi connectivity index (χ2n) is 4.98. The maximum absolute atomic E-state index is 5.68. The van der Waals surface area contributed by atoms with Crippen molar-refractivity contribution in [3.05, 3.63) is 53.2 Å². The Hall–Kier alpha value is -2.03. The average molecular weight is 254 g/mol. The van der Waals surface area contributed by atoms with Crippen molar-refractivity contribution in [3.8, 4) is 5.75 Å². The predicted octanol–water partition coefficient (Wildman–Crippen LogP) is 2.77. The number of nitrogens with zero attached hydrogens (tertiary/aromatic N) is 1. The molecule has 0 radical (unpaired) electrons. The Bertz CT molecular complexity index is 581. The average Bonchev–Trinajstić information content (AvgIpc) is 2.86. The SMILES string of the molecule is Nc1cc(CCCc2ccc3c(c2)CCO3)ccn1. The Labute approximate surface area is 113 Å². The van der Waals surface area contributed by atoms with Gasteiger partial charge in [-0.3, -0.25) is 0 Å². The van der Waals surface area contributed by atoms with E-state index in [0.717, 1.165) is 38.0 Å². The van der Waals surface area contributed by atoms with Gasteiger partial charge in [-0.25, -0.2) is 4.98 Å². The summed E-state index contributed by atoms with van der Waals surface area (Å²) in [5.74, 6) is 1.66. The third-order valence-electron chi connectivity index (χ3n) is 3.53. The van der Waals surface area contributed by atoms with Gasteiger partial charge in [0.1, 0.15) is 11.6 Å². The van der Waals surface area contributed by atoms with Crippen molar-refractivity contribution in [3.63, 3.8) is 0 Å². The molecule has 2 heterocycles. The van der Waals surface area contributed by atoms with Gasteiger partial charge in [-0.05, 0) is 54.2 Å². The zero-order valence-electron chi connectivity index (χ0n) is 10.9. The summed E-state index contributed by atoms with van der Waals surface area (Å²) >= 11 is 0. The quantitative estimate of drug-likeness (QED) is 0.912. The van der Waals surface area contributed by atoms with E-state index in [1.54, 1.807) is 6.20 Å². The predicted molar refractivity (Wildman–Crippen MR) is 76.3 cm³/mol. The smallest absolute Gasteiger partial charge is 0.123 e. The van der Waals surface area contributed by atoms with E-state index in [1.165, 1.54) is 16.7 Å². The van der Waals surface area contributed by atoms with Gasteiger partial charge in [-0.2, -0.15) is 0 Å². The number of aryl methyl sites for hydroxylation is 2. The van der Waals surface area contributed by atoms with E-state index in [0.29, 0.717) is 5.82 Å². The van der Waals surface area contributed by atoms with Crippen LogP contribution in [0, 0.1) is 0 Å². The number of anilines is 1. The second kappa shape index (κ2) is 5.31. The molecule has 98 valence electrons. The largest absolute Gasteiger partial charge is 0.493 e. The van der Waals surface area contributed by atoms with E-state index in [9.17, 15) is 0 Å². The number of ether oxygens (including phenoxy) is 1. The van der Waals surface area contributed by atoms with Crippen LogP contribution in [-0.4, -0.2) is 11.6 Å². The minimum atomic E-state index is 0.604. The number of rotatable bonds is 4. The van der Waals surface area contributed by atoms with Crippen LogP contribution in [0.25, 0.3) is 0 Å². The van der Waals surface area contributed by atoms with Crippen molar-refractivity contribution < 1.29 is 4.74 Å². The highest BCUT2D eigenvalue weighted by Crippen LogP contribution is 2.26. The molecule has 0 saturated carbocycles. The first-order valence-electron chi connectivity index (χ1n) is 6.76. The van der Waals surface area contributed by atoms with Crippen LogP contribution >= 0.6 is 0 Å². The van der Waals surface area contributed by atoms with Crippen molar-refractivity contribution in [1.29, 1.82) is 0 Å². The lowest BCUT2D eigenvalue weighted by molar-refractivity contribution is 0.357. The van der Waals surface area contributed by atoms with E-state index in [1.807, 2.05) is 12.1 Å². The van der Waals surface area contributed by atoms with Crippen LogP contribution in [0.2, 0.25) is 0 Å². The summed E-state index contributed by atoms with van der Waals surface area (Å²) in [5.41, 5.74) is 9.69. The molecule has 0 amide bonds. The number of nitrogens with two attached hydrogens (primary N) is 1. The highest BCUT2D eigenvalue weighted by molar-refractivity contribution is 5.40. The van der Waals surface area contributed by atoms with Gasteiger partial charge in [-0.1, -0.05) is 12.1 Å². The second-order valence-corrected chi connectivity index (χ2v) is 4.98. The van der Waals surface area contributed by atoms with Gasteiger partial charge in [0.2, 0.25) is 0 Å². The van der Waals surface area contributed by atoms with Crippen LogP contribution in [0.3, 0.4) is 0 Å². The van der Waals surface area contributed by atoms with Crippen LogP contribution in [0.15, 0.2) is 36.5 Å². The molecule has 2 aromatic rings. The Morgan fingerprint density at radius 2 is 1.95 bits per heavy atom. The lowest BCUT2D eigenvalue weighted by atomic mass is 10.0. The summed E-state index contributed by atoms with van der Waals surface area (Å²) in [4.78, 5) is 4.01. The zero-order chi connectivity index (χ0) is 13.1. The molecule has 3 heteroatoms. The molecule has 0 saturated heterocycles. The van der Waals surface area contributed by atoms with Crippen molar-refractivity contribution in [2.75, 3.05) is 12.3 Å². The van der Waals surface area contributed by atoms with Crippen LogP contribution in [0.5, 0.6) is 5.75 Å². The maximum atomic E-state index is 5.68. The monoisotopic (exact) mass is 254 g/mol. The number of nitrogen functional groups attached to an aromatic ring is 1. The minimum absolute atomic E-state index is 0.604. The molecule has 2 N–H and O–H groups in total. The molecule has 0 spiro atoms. The van der Waals surface area contributed by atoms with E-state index in [-0.39, 0.29) is 0 Å². The van der Waals surface area contributed by atoms with Gasteiger partial charge in [0, 0.05) is 12.6 Å². The molecule has 3 rings (SSSR count). The standard InChI is InChI=1S/C16H18N2O/c17-16-11-13(6-8-18-16)3-1-2-12-4-5-15-14(10-12)7-9-19-15/h4-6,8,10-11H,1-3,7,9H2,(H2,17,18). The number of hydrogen-bond donors (Lipinski definition) is 1. The Kier molecular flexibility index (Phi) is 3.36. The molecule has 1 aliphatic heterocycles. The summed E-state index contributed by atoms with van der Waals surface area (Å²) < 4.78 is 5.52. The van der Waals surface area contributed by atoms with Gasteiger partial charge < -0.3 is 10.5 Å². The van der Waals surface area contributed by atoms with Crippen LogP contribution in [0.1, 0.15) is 23.1 Å². The van der Waals surface area contributed by atoms with E-state index in [2.05, 4.69) is 23.2 Å². The summed E-state index contributed by atoms with van der Waals surface area (Å²) in [6, 6.07) is 10.5. The fourth-order valence-electron chi connectivity index (χ4n) is 2.54. The summed E-state index contributed by atoms with van der Waals surface area (Å²) in [6.07, 6.45) is 6.08. The van der Waals surface area contributed by atoms with Gasteiger partial charge >= 0.3 is 0 Å². The normalized spacial score (nSPS) is 13.1. The minimum Gasteiger partial charge on any atom is -0.493 e. The molecule has 0 bridgehead atoms.